The number of phenols is 1. The van der Waals surface area contributed by atoms with Crippen molar-refractivity contribution in [3.05, 3.63) is 46.0 Å². The molecule has 9 heteroatoms. The van der Waals surface area contributed by atoms with Crippen molar-refractivity contribution in [3.8, 4) is 17.2 Å². The molecule has 0 spiro atoms. The molecule has 3 rings (SSSR count). The van der Waals surface area contributed by atoms with Crippen LogP contribution >= 0.6 is 0 Å². The van der Waals surface area contributed by atoms with Crippen molar-refractivity contribution < 1.29 is 24.6 Å². The fourth-order valence-corrected chi connectivity index (χ4v) is 2.19. The summed E-state index contributed by atoms with van der Waals surface area (Å²) in [6, 6.07) is 7.18. The molecule has 2 aromatic carbocycles. The number of aliphatic hydroxyl groups excluding tert-OH is 1. The molecule has 1 aliphatic rings. The normalized spacial score (nSPS) is 12.7. The summed E-state index contributed by atoms with van der Waals surface area (Å²) in [5, 5.41) is 37.7. The number of nitro benzene ring substituents is 1. The van der Waals surface area contributed by atoms with E-state index in [0.29, 0.717) is 23.5 Å². The van der Waals surface area contributed by atoms with Crippen molar-refractivity contribution in [2.45, 2.75) is 6.42 Å². The predicted molar refractivity (Wildman–Crippen MR) is 82.3 cm³/mol. The summed E-state index contributed by atoms with van der Waals surface area (Å²) in [5.41, 5.74) is 0.533. The van der Waals surface area contributed by atoms with Gasteiger partial charge in [-0.25, -0.2) is 0 Å². The van der Waals surface area contributed by atoms with Gasteiger partial charge in [0.1, 0.15) is 11.4 Å². The summed E-state index contributed by atoms with van der Waals surface area (Å²) >= 11 is 0. The van der Waals surface area contributed by atoms with Crippen LogP contribution in [0.1, 0.15) is 5.56 Å². The smallest absolute Gasteiger partial charge is 0.296 e. The molecular formula is C15H13N3O6. The van der Waals surface area contributed by atoms with Crippen LogP contribution in [-0.4, -0.2) is 28.5 Å². The lowest BCUT2D eigenvalue weighted by molar-refractivity contribution is -0.384. The van der Waals surface area contributed by atoms with Gasteiger partial charge in [0.05, 0.1) is 4.92 Å². The Morgan fingerprint density at radius 1 is 1.12 bits per heavy atom. The van der Waals surface area contributed by atoms with Crippen molar-refractivity contribution in [1.29, 1.82) is 0 Å². The zero-order chi connectivity index (χ0) is 17.1. The number of aromatic hydroxyl groups is 1. The first-order valence-corrected chi connectivity index (χ1v) is 7.01. The van der Waals surface area contributed by atoms with E-state index in [4.69, 9.17) is 14.6 Å². The summed E-state index contributed by atoms with van der Waals surface area (Å²) in [7, 11) is 0. The van der Waals surface area contributed by atoms with Crippen LogP contribution in [0.15, 0.2) is 40.6 Å². The Balaban J connectivity index is 1.93. The van der Waals surface area contributed by atoms with E-state index in [0.717, 1.165) is 0 Å². The minimum Gasteiger partial charge on any atom is -0.505 e. The van der Waals surface area contributed by atoms with Crippen LogP contribution in [0.25, 0.3) is 0 Å². The zero-order valence-electron chi connectivity index (χ0n) is 12.4. The monoisotopic (exact) mass is 331 g/mol. The Kier molecular flexibility index (Phi) is 4.25. The van der Waals surface area contributed by atoms with Crippen LogP contribution in [0.5, 0.6) is 17.2 Å². The van der Waals surface area contributed by atoms with Crippen LogP contribution in [0, 0.1) is 10.1 Å². The van der Waals surface area contributed by atoms with Gasteiger partial charge in [-0.15, -0.1) is 10.2 Å². The Bertz CT molecular complexity index is 821. The number of rotatable bonds is 5. The first-order chi connectivity index (χ1) is 11.6. The van der Waals surface area contributed by atoms with Crippen LogP contribution in [0.4, 0.5) is 17.1 Å². The lowest BCUT2D eigenvalue weighted by Gasteiger charge is -2.02. The third-order valence-corrected chi connectivity index (χ3v) is 3.37. The first-order valence-electron chi connectivity index (χ1n) is 7.01. The molecule has 0 aromatic heterocycles. The molecule has 0 saturated carbocycles. The topological polar surface area (TPSA) is 127 Å². The number of hydrogen-bond acceptors (Lipinski definition) is 8. The van der Waals surface area contributed by atoms with E-state index < -0.39 is 4.92 Å². The minimum atomic E-state index is -0.575. The van der Waals surface area contributed by atoms with Crippen LogP contribution in [0.3, 0.4) is 0 Å². The SMILES string of the molecule is O=[N+]([O-])c1cc(CCO)ccc1N=Nc1cc2c(cc1O)OCO2. The van der Waals surface area contributed by atoms with Crippen LogP contribution in [-0.2, 0) is 6.42 Å². The van der Waals surface area contributed by atoms with Crippen LogP contribution in [0.2, 0.25) is 0 Å². The summed E-state index contributed by atoms with van der Waals surface area (Å²) < 4.78 is 10.3. The average molecular weight is 331 g/mol. The van der Waals surface area contributed by atoms with Crippen molar-refractivity contribution in [1.82, 2.24) is 0 Å². The number of nitro groups is 1. The molecule has 0 aliphatic carbocycles. The third kappa shape index (κ3) is 3.10. The lowest BCUT2D eigenvalue weighted by atomic mass is 10.1. The molecule has 2 aromatic rings. The highest BCUT2D eigenvalue weighted by Crippen LogP contribution is 2.42. The summed E-state index contributed by atoms with van der Waals surface area (Å²) in [5.74, 6) is 0.628. The van der Waals surface area contributed by atoms with Gasteiger partial charge in [-0.2, -0.15) is 0 Å². The summed E-state index contributed by atoms with van der Waals surface area (Å²) in [6.07, 6.45) is 0.307. The van der Waals surface area contributed by atoms with E-state index in [-0.39, 0.29) is 36.2 Å². The second kappa shape index (κ2) is 6.50. The first kappa shape index (κ1) is 15.7. The van der Waals surface area contributed by atoms with E-state index in [2.05, 4.69) is 10.2 Å². The van der Waals surface area contributed by atoms with Gasteiger partial charge in [0.15, 0.2) is 17.2 Å². The molecule has 0 atom stereocenters. The largest absolute Gasteiger partial charge is 0.505 e. The second-order valence-electron chi connectivity index (χ2n) is 4.95. The van der Waals surface area contributed by atoms with E-state index >= 15 is 0 Å². The molecular weight excluding hydrogens is 318 g/mol. The summed E-state index contributed by atoms with van der Waals surface area (Å²) in [4.78, 5) is 10.6. The number of benzene rings is 2. The van der Waals surface area contributed by atoms with Gasteiger partial charge in [-0.3, -0.25) is 10.1 Å². The quantitative estimate of drug-likeness (QED) is 0.492. The maximum atomic E-state index is 11.2. The minimum absolute atomic E-state index is 0.0405. The van der Waals surface area contributed by atoms with Gasteiger partial charge in [0, 0.05) is 24.8 Å². The molecule has 1 aliphatic heterocycles. The van der Waals surface area contributed by atoms with Crippen molar-refractivity contribution >= 4 is 17.1 Å². The van der Waals surface area contributed by atoms with E-state index in [9.17, 15) is 15.2 Å². The summed E-state index contributed by atoms with van der Waals surface area (Å²) in [6.45, 7) is -0.0593. The number of phenolic OH excluding ortho intramolecular Hbond substituents is 1. The number of azo groups is 1. The lowest BCUT2D eigenvalue weighted by Crippen LogP contribution is -1.94. The molecule has 0 amide bonds. The van der Waals surface area contributed by atoms with Gasteiger partial charge in [0.2, 0.25) is 6.79 Å². The van der Waals surface area contributed by atoms with Gasteiger partial charge >= 0.3 is 0 Å². The fraction of sp³-hybridized carbons (Fsp3) is 0.200. The maximum absolute atomic E-state index is 11.2. The number of nitrogens with zero attached hydrogens (tertiary/aromatic N) is 3. The van der Waals surface area contributed by atoms with E-state index in [1.807, 2.05) is 0 Å². The number of fused-ring (bicyclic) bond motifs is 1. The van der Waals surface area contributed by atoms with Gasteiger partial charge in [-0.05, 0) is 18.1 Å². The Morgan fingerprint density at radius 3 is 2.54 bits per heavy atom. The fourth-order valence-electron chi connectivity index (χ4n) is 2.19. The second-order valence-corrected chi connectivity index (χ2v) is 4.95. The highest BCUT2D eigenvalue weighted by atomic mass is 16.7. The zero-order valence-corrected chi connectivity index (χ0v) is 12.4. The molecule has 0 bridgehead atoms. The van der Waals surface area contributed by atoms with Crippen LogP contribution < -0.4 is 9.47 Å². The predicted octanol–water partition coefficient (Wildman–Crippen LogP) is 2.98. The molecule has 0 unspecified atom stereocenters. The highest BCUT2D eigenvalue weighted by molar-refractivity contribution is 5.62. The molecule has 9 nitrogen and oxygen atoms in total. The Morgan fingerprint density at radius 2 is 1.83 bits per heavy atom. The molecule has 24 heavy (non-hydrogen) atoms. The Labute approximate surface area is 135 Å². The molecule has 0 saturated heterocycles. The number of ether oxygens (including phenoxy) is 2. The molecule has 0 radical (unpaired) electrons. The number of aliphatic hydroxyl groups is 1. The molecule has 124 valence electrons. The van der Waals surface area contributed by atoms with Gasteiger partial charge < -0.3 is 19.7 Å². The van der Waals surface area contributed by atoms with E-state index in [1.54, 1.807) is 6.07 Å². The maximum Gasteiger partial charge on any atom is 0.296 e. The van der Waals surface area contributed by atoms with Crippen molar-refractivity contribution in [2.24, 2.45) is 10.2 Å². The highest BCUT2D eigenvalue weighted by Gasteiger charge is 2.18. The van der Waals surface area contributed by atoms with Crippen molar-refractivity contribution in [3.63, 3.8) is 0 Å². The number of hydrogen-bond donors (Lipinski definition) is 2. The van der Waals surface area contributed by atoms with Gasteiger partial charge in [-0.1, -0.05) is 6.07 Å². The molecule has 0 fully saturated rings. The molecule has 2 N–H and O–H groups in total. The third-order valence-electron chi connectivity index (χ3n) is 3.37. The standard InChI is InChI=1S/C15H13N3O6/c19-4-3-9-1-2-10(12(5-9)18(21)22)16-17-11-6-14-15(7-13(11)20)24-8-23-14/h1-2,5-7,19-20H,3-4,8H2. The molecule has 1 heterocycles. The van der Waals surface area contributed by atoms with Crippen molar-refractivity contribution in [2.75, 3.05) is 13.4 Å². The van der Waals surface area contributed by atoms with E-state index in [1.165, 1.54) is 24.3 Å². The average Bonchev–Trinajstić information content (AvgIpc) is 3.00. The Hall–Kier alpha value is -3.20. The van der Waals surface area contributed by atoms with Gasteiger partial charge in [0.25, 0.3) is 5.69 Å².